The summed E-state index contributed by atoms with van der Waals surface area (Å²) < 4.78 is 1.43. The van der Waals surface area contributed by atoms with E-state index in [9.17, 15) is 0 Å². The van der Waals surface area contributed by atoms with Crippen LogP contribution in [0.25, 0.3) is 10.1 Å². The predicted octanol–water partition coefficient (Wildman–Crippen LogP) is 4.25. The van der Waals surface area contributed by atoms with Crippen molar-refractivity contribution in [3.05, 3.63) is 35.2 Å². The Morgan fingerprint density at radius 3 is 3.00 bits per heavy atom. The number of rotatable bonds is 3. The van der Waals surface area contributed by atoms with Gasteiger partial charge in [-0.25, -0.2) is 0 Å². The molecule has 0 aliphatic heterocycles. The molecule has 2 heteroatoms. The Kier molecular flexibility index (Phi) is 2.89. The van der Waals surface area contributed by atoms with Gasteiger partial charge in [-0.05, 0) is 85.0 Å². The molecule has 1 aromatic heterocycles. The highest BCUT2D eigenvalue weighted by Crippen LogP contribution is 2.56. The third-order valence-corrected chi connectivity index (χ3v) is 6.29. The normalized spacial score (nSPS) is 33.3. The lowest BCUT2D eigenvalue weighted by Gasteiger charge is -2.31. The Balaban J connectivity index is 1.72. The van der Waals surface area contributed by atoms with Gasteiger partial charge in [-0.1, -0.05) is 12.1 Å². The molecule has 2 bridgehead atoms. The van der Waals surface area contributed by atoms with Crippen LogP contribution in [0.2, 0.25) is 0 Å². The zero-order chi connectivity index (χ0) is 12.8. The molecule has 2 saturated carbocycles. The molecule has 1 N–H and O–H groups in total. The number of hydrogen-bond acceptors (Lipinski definition) is 2. The molecule has 0 radical (unpaired) electrons. The van der Waals surface area contributed by atoms with Crippen molar-refractivity contribution in [2.24, 2.45) is 17.8 Å². The minimum absolute atomic E-state index is 0.801. The monoisotopic (exact) mass is 271 g/mol. The van der Waals surface area contributed by atoms with Gasteiger partial charge in [0.25, 0.3) is 0 Å². The van der Waals surface area contributed by atoms with E-state index in [1.165, 1.54) is 35.9 Å². The minimum Gasteiger partial charge on any atom is -0.319 e. The maximum Gasteiger partial charge on any atom is 0.0342 e. The first kappa shape index (κ1) is 11.9. The van der Waals surface area contributed by atoms with E-state index >= 15 is 0 Å². The third-order valence-electron chi connectivity index (χ3n) is 5.39. The van der Waals surface area contributed by atoms with Crippen molar-refractivity contribution in [2.45, 2.75) is 25.2 Å². The summed E-state index contributed by atoms with van der Waals surface area (Å²) in [6.07, 6.45) is 4.39. The first-order valence-corrected chi connectivity index (χ1v) is 8.36. The Bertz CT molecular complexity index is 588. The van der Waals surface area contributed by atoms with Gasteiger partial charge in [-0.2, -0.15) is 0 Å². The highest BCUT2D eigenvalue weighted by Gasteiger charge is 2.47. The lowest BCUT2D eigenvalue weighted by Crippen LogP contribution is -2.29. The van der Waals surface area contributed by atoms with Gasteiger partial charge in [0.05, 0.1) is 0 Å². The van der Waals surface area contributed by atoms with Crippen LogP contribution in [0.5, 0.6) is 0 Å². The number of fused-ring (bicyclic) bond motifs is 3. The summed E-state index contributed by atoms with van der Waals surface area (Å²) in [4.78, 5) is 0. The molecule has 2 aromatic rings. The van der Waals surface area contributed by atoms with Crippen molar-refractivity contribution < 1.29 is 0 Å². The molecule has 1 aromatic carbocycles. The highest BCUT2D eigenvalue weighted by atomic mass is 32.1. The van der Waals surface area contributed by atoms with Crippen molar-refractivity contribution in [3.8, 4) is 0 Å². The van der Waals surface area contributed by atoms with E-state index in [2.05, 4.69) is 42.0 Å². The second-order valence-electron chi connectivity index (χ2n) is 6.30. The van der Waals surface area contributed by atoms with Gasteiger partial charge in [-0.3, -0.25) is 0 Å². The van der Waals surface area contributed by atoms with Gasteiger partial charge >= 0.3 is 0 Å². The molecule has 1 heterocycles. The van der Waals surface area contributed by atoms with E-state index in [0.717, 1.165) is 23.7 Å². The maximum absolute atomic E-state index is 3.43. The van der Waals surface area contributed by atoms with E-state index in [4.69, 9.17) is 0 Å². The molecule has 0 saturated heterocycles. The molecule has 4 atom stereocenters. The van der Waals surface area contributed by atoms with Crippen LogP contribution in [-0.4, -0.2) is 13.6 Å². The minimum atomic E-state index is 0.801. The predicted molar refractivity (Wildman–Crippen MR) is 82.8 cm³/mol. The number of benzene rings is 1. The summed E-state index contributed by atoms with van der Waals surface area (Å²) in [6.45, 7) is 1.19. The van der Waals surface area contributed by atoms with Gasteiger partial charge in [0.2, 0.25) is 0 Å². The van der Waals surface area contributed by atoms with Crippen LogP contribution in [0.3, 0.4) is 0 Å². The summed E-state index contributed by atoms with van der Waals surface area (Å²) in [5.41, 5.74) is 1.60. The Morgan fingerprint density at radius 1 is 1.21 bits per heavy atom. The Hall–Kier alpha value is -0.860. The maximum atomic E-state index is 3.43. The van der Waals surface area contributed by atoms with E-state index in [1.54, 1.807) is 5.56 Å². The van der Waals surface area contributed by atoms with Gasteiger partial charge in [0.15, 0.2) is 0 Å². The summed E-state index contributed by atoms with van der Waals surface area (Å²) in [5.74, 6) is 3.58. The number of thiophene rings is 1. The zero-order valence-electron chi connectivity index (χ0n) is 11.4. The highest BCUT2D eigenvalue weighted by molar-refractivity contribution is 7.17. The van der Waals surface area contributed by atoms with Crippen LogP contribution in [0.4, 0.5) is 0 Å². The smallest absolute Gasteiger partial charge is 0.0342 e. The van der Waals surface area contributed by atoms with Gasteiger partial charge < -0.3 is 5.32 Å². The van der Waals surface area contributed by atoms with Crippen LogP contribution in [-0.2, 0) is 0 Å². The molecule has 2 aliphatic rings. The average Bonchev–Trinajstić information content (AvgIpc) is 3.13. The van der Waals surface area contributed by atoms with Crippen molar-refractivity contribution in [1.82, 2.24) is 5.32 Å². The molecule has 100 valence electrons. The molecule has 19 heavy (non-hydrogen) atoms. The Morgan fingerprint density at radius 2 is 2.11 bits per heavy atom. The lowest BCUT2D eigenvalue weighted by molar-refractivity contribution is 0.282. The quantitative estimate of drug-likeness (QED) is 0.880. The van der Waals surface area contributed by atoms with Crippen LogP contribution in [0, 0.1) is 17.8 Å². The van der Waals surface area contributed by atoms with Crippen molar-refractivity contribution >= 4 is 21.4 Å². The molecule has 0 spiro atoms. The van der Waals surface area contributed by atoms with E-state index in [0.29, 0.717) is 0 Å². The fraction of sp³-hybridized carbons (Fsp3) is 0.529. The summed E-state index contributed by atoms with van der Waals surface area (Å²) in [5, 5.41) is 7.08. The lowest BCUT2D eigenvalue weighted by atomic mass is 9.75. The molecule has 0 unspecified atom stereocenters. The van der Waals surface area contributed by atoms with Crippen molar-refractivity contribution in [1.29, 1.82) is 0 Å². The summed E-state index contributed by atoms with van der Waals surface area (Å²) in [7, 11) is 2.10. The molecule has 1 nitrogen and oxygen atoms in total. The van der Waals surface area contributed by atoms with Crippen LogP contribution in [0.15, 0.2) is 29.6 Å². The van der Waals surface area contributed by atoms with Gasteiger partial charge in [0.1, 0.15) is 0 Å². The van der Waals surface area contributed by atoms with Crippen LogP contribution in [0.1, 0.15) is 30.7 Å². The first-order chi connectivity index (χ1) is 9.36. The second kappa shape index (κ2) is 4.60. The topological polar surface area (TPSA) is 12.0 Å². The molecular formula is C17H21NS. The van der Waals surface area contributed by atoms with E-state index in [-0.39, 0.29) is 0 Å². The van der Waals surface area contributed by atoms with Gasteiger partial charge in [-0.15, -0.1) is 11.3 Å². The average molecular weight is 271 g/mol. The number of nitrogens with one attached hydrogen (secondary N) is 1. The molecule has 4 rings (SSSR count). The van der Waals surface area contributed by atoms with Crippen LogP contribution >= 0.6 is 11.3 Å². The van der Waals surface area contributed by atoms with Crippen LogP contribution < -0.4 is 5.32 Å². The molecule has 0 amide bonds. The Labute approximate surface area is 119 Å². The third kappa shape index (κ3) is 1.85. The molecule has 2 aliphatic carbocycles. The summed E-state index contributed by atoms with van der Waals surface area (Å²) >= 11 is 1.85. The zero-order valence-corrected chi connectivity index (χ0v) is 12.2. The molecule has 2 fully saturated rings. The van der Waals surface area contributed by atoms with Crippen molar-refractivity contribution in [3.63, 3.8) is 0 Å². The fourth-order valence-corrected chi connectivity index (χ4v) is 5.42. The van der Waals surface area contributed by atoms with E-state index < -0.39 is 0 Å². The van der Waals surface area contributed by atoms with E-state index in [1.807, 2.05) is 11.3 Å². The summed E-state index contributed by atoms with van der Waals surface area (Å²) in [6, 6.07) is 9.45. The number of hydrogen-bond donors (Lipinski definition) is 1. The van der Waals surface area contributed by atoms with Crippen molar-refractivity contribution in [2.75, 3.05) is 13.6 Å². The SMILES string of the molecule is CNC[C@H]1[C@H]2CC[C@H](C2)[C@@H]1c1ccc2sccc2c1. The fourth-order valence-electron chi connectivity index (χ4n) is 4.65. The standard InChI is InChI=1S/C17H21NS/c1-18-10-15-11-2-3-13(8-11)17(15)14-4-5-16-12(9-14)6-7-19-16/h4-7,9,11,13,15,17-18H,2-3,8,10H2,1H3/t11-,13+,15-,17+/m0/s1. The molecular weight excluding hydrogens is 250 g/mol. The van der Waals surface area contributed by atoms with Gasteiger partial charge in [0, 0.05) is 4.70 Å². The largest absolute Gasteiger partial charge is 0.319 e. The second-order valence-corrected chi connectivity index (χ2v) is 7.25. The first-order valence-electron chi connectivity index (χ1n) is 7.48.